The molecular formula is C18H23N3O3. The average molecular weight is 329 g/mol. The van der Waals surface area contributed by atoms with Crippen molar-refractivity contribution in [3.05, 3.63) is 23.8 Å². The summed E-state index contributed by atoms with van der Waals surface area (Å²) in [4.78, 5) is 26.8. The number of rotatable bonds is 2. The van der Waals surface area contributed by atoms with Gasteiger partial charge in [0.2, 0.25) is 5.91 Å². The summed E-state index contributed by atoms with van der Waals surface area (Å²) in [6.07, 6.45) is 4.77. The summed E-state index contributed by atoms with van der Waals surface area (Å²) >= 11 is 0. The molecule has 2 aliphatic heterocycles. The van der Waals surface area contributed by atoms with Gasteiger partial charge in [0.25, 0.3) is 5.91 Å². The number of carbonyl (C=O) groups excluding carboxylic acids is 2. The molecule has 6 heteroatoms. The van der Waals surface area contributed by atoms with E-state index in [1.165, 1.54) is 0 Å². The fourth-order valence-electron chi connectivity index (χ4n) is 4.06. The van der Waals surface area contributed by atoms with Gasteiger partial charge in [0.15, 0.2) is 0 Å². The monoisotopic (exact) mass is 329 g/mol. The van der Waals surface area contributed by atoms with Crippen molar-refractivity contribution in [3.63, 3.8) is 0 Å². The lowest BCUT2D eigenvalue weighted by atomic mass is 9.93. The van der Waals surface area contributed by atoms with E-state index in [1.807, 2.05) is 12.1 Å². The molecule has 0 unspecified atom stereocenters. The quantitative estimate of drug-likeness (QED) is 0.770. The highest BCUT2D eigenvalue weighted by Gasteiger charge is 2.36. The molecule has 0 aromatic heterocycles. The van der Waals surface area contributed by atoms with Crippen LogP contribution in [-0.2, 0) is 4.79 Å². The summed E-state index contributed by atoms with van der Waals surface area (Å²) in [5, 5.41) is 15.5. The van der Waals surface area contributed by atoms with E-state index < -0.39 is 0 Å². The van der Waals surface area contributed by atoms with Crippen LogP contribution in [0.25, 0.3) is 0 Å². The highest BCUT2D eigenvalue weighted by Crippen LogP contribution is 2.37. The number of fused-ring (bicyclic) bond motifs is 3. The van der Waals surface area contributed by atoms with Crippen molar-refractivity contribution < 1.29 is 14.7 Å². The van der Waals surface area contributed by atoms with Gasteiger partial charge >= 0.3 is 0 Å². The topological polar surface area (TPSA) is 81.7 Å². The standard InChI is InChI=1S/C18H23N3O3/c22-13-6-4-12(5-7-13)19-17(23)11-3-8-15-14(10-11)20-18(24)16-2-1-9-21(15)16/h3,8,10,12-13,16,22H,1-2,4-7,9H2,(H,19,23)(H,20,24)/t12?,13?,16-/m0/s1. The largest absolute Gasteiger partial charge is 0.393 e. The lowest BCUT2D eigenvalue weighted by molar-refractivity contribution is -0.117. The van der Waals surface area contributed by atoms with Crippen molar-refractivity contribution >= 4 is 23.2 Å². The Hall–Kier alpha value is -2.08. The zero-order valence-corrected chi connectivity index (χ0v) is 13.6. The van der Waals surface area contributed by atoms with E-state index in [0.29, 0.717) is 5.56 Å². The number of nitrogens with one attached hydrogen (secondary N) is 2. The number of carbonyl (C=O) groups is 2. The number of amides is 2. The summed E-state index contributed by atoms with van der Waals surface area (Å²) in [6.45, 7) is 0.890. The van der Waals surface area contributed by atoms with Gasteiger partial charge < -0.3 is 20.6 Å². The Kier molecular flexibility index (Phi) is 3.92. The highest BCUT2D eigenvalue weighted by atomic mass is 16.3. The van der Waals surface area contributed by atoms with E-state index >= 15 is 0 Å². The van der Waals surface area contributed by atoms with Gasteiger partial charge in [-0.2, -0.15) is 0 Å². The van der Waals surface area contributed by atoms with Crippen molar-refractivity contribution in [2.45, 2.75) is 56.7 Å². The molecule has 1 aliphatic carbocycles. The minimum atomic E-state index is -0.231. The van der Waals surface area contributed by atoms with Gasteiger partial charge in [-0.1, -0.05) is 0 Å². The molecule has 1 aromatic carbocycles. The van der Waals surface area contributed by atoms with E-state index in [2.05, 4.69) is 15.5 Å². The molecule has 2 fully saturated rings. The third-order valence-electron chi connectivity index (χ3n) is 5.41. The fourth-order valence-corrected chi connectivity index (χ4v) is 4.06. The summed E-state index contributed by atoms with van der Waals surface area (Å²) < 4.78 is 0. The maximum atomic E-state index is 12.5. The van der Waals surface area contributed by atoms with Crippen LogP contribution in [0, 0.1) is 0 Å². The van der Waals surface area contributed by atoms with Gasteiger partial charge in [-0.25, -0.2) is 0 Å². The minimum Gasteiger partial charge on any atom is -0.393 e. The van der Waals surface area contributed by atoms with Crippen LogP contribution in [0.3, 0.4) is 0 Å². The molecule has 0 radical (unpaired) electrons. The van der Waals surface area contributed by atoms with Crippen LogP contribution in [-0.4, -0.2) is 41.7 Å². The van der Waals surface area contributed by atoms with Crippen LogP contribution in [0.5, 0.6) is 0 Å². The van der Waals surface area contributed by atoms with E-state index in [1.54, 1.807) is 6.07 Å². The van der Waals surface area contributed by atoms with Crippen molar-refractivity contribution in [3.8, 4) is 0 Å². The number of benzene rings is 1. The fraction of sp³-hybridized carbons (Fsp3) is 0.556. The molecule has 0 spiro atoms. The Labute approximate surface area is 141 Å². The number of anilines is 2. The summed E-state index contributed by atoms with van der Waals surface area (Å²) in [7, 11) is 0. The zero-order valence-electron chi connectivity index (χ0n) is 13.6. The van der Waals surface area contributed by atoms with Gasteiger partial charge in [-0.05, 0) is 56.7 Å². The molecule has 6 nitrogen and oxygen atoms in total. The van der Waals surface area contributed by atoms with Crippen molar-refractivity contribution in [1.29, 1.82) is 0 Å². The average Bonchev–Trinajstić information content (AvgIpc) is 3.07. The molecule has 0 bridgehead atoms. The third-order valence-corrected chi connectivity index (χ3v) is 5.41. The van der Waals surface area contributed by atoms with Crippen molar-refractivity contribution in [1.82, 2.24) is 5.32 Å². The Bertz CT molecular complexity index is 667. The van der Waals surface area contributed by atoms with Crippen molar-refractivity contribution in [2.24, 2.45) is 0 Å². The Balaban J connectivity index is 1.50. The molecule has 3 N–H and O–H groups in total. The number of nitrogens with zero attached hydrogens (tertiary/aromatic N) is 1. The summed E-state index contributed by atoms with van der Waals surface area (Å²) in [5.74, 6) is -0.0872. The Morgan fingerprint density at radius 2 is 2.00 bits per heavy atom. The Morgan fingerprint density at radius 1 is 1.21 bits per heavy atom. The number of hydrogen-bond acceptors (Lipinski definition) is 4. The maximum Gasteiger partial charge on any atom is 0.251 e. The molecule has 1 atom stereocenters. The molecule has 24 heavy (non-hydrogen) atoms. The minimum absolute atomic E-state index is 0.0267. The predicted molar refractivity (Wildman–Crippen MR) is 91.2 cm³/mol. The van der Waals surface area contributed by atoms with E-state index in [4.69, 9.17) is 0 Å². The number of aliphatic hydroxyl groups is 1. The van der Waals surface area contributed by atoms with Crippen LogP contribution in [0.15, 0.2) is 18.2 Å². The molecule has 1 aromatic rings. The maximum absolute atomic E-state index is 12.5. The van der Waals surface area contributed by atoms with Gasteiger partial charge in [0.05, 0.1) is 17.5 Å². The first-order valence-electron chi connectivity index (χ1n) is 8.82. The predicted octanol–water partition coefficient (Wildman–Crippen LogP) is 1.64. The molecule has 3 aliphatic rings. The third kappa shape index (κ3) is 2.75. The van der Waals surface area contributed by atoms with Crippen LogP contribution in [0.1, 0.15) is 48.9 Å². The summed E-state index contributed by atoms with van der Waals surface area (Å²) in [5.41, 5.74) is 2.30. The van der Waals surface area contributed by atoms with Crippen LogP contribution < -0.4 is 15.5 Å². The molecule has 2 heterocycles. The van der Waals surface area contributed by atoms with Gasteiger partial charge in [-0.3, -0.25) is 9.59 Å². The molecule has 2 amide bonds. The number of hydrogen-bond donors (Lipinski definition) is 3. The van der Waals surface area contributed by atoms with Gasteiger partial charge in [0.1, 0.15) is 6.04 Å². The molecule has 1 saturated carbocycles. The first-order chi connectivity index (χ1) is 11.6. The van der Waals surface area contributed by atoms with Gasteiger partial charge in [-0.15, -0.1) is 0 Å². The second-order valence-electron chi connectivity index (χ2n) is 7.05. The SMILES string of the molecule is O=C(NC1CCC(O)CC1)c1ccc2c(c1)NC(=O)[C@@H]1CCCN21. The molecule has 1 saturated heterocycles. The second kappa shape index (κ2) is 6.09. The zero-order chi connectivity index (χ0) is 16.7. The highest BCUT2D eigenvalue weighted by molar-refractivity contribution is 6.06. The Morgan fingerprint density at radius 3 is 2.79 bits per heavy atom. The first kappa shape index (κ1) is 15.4. The molecular weight excluding hydrogens is 306 g/mol. The molecule has 128 valence electrons. The number of aliphatic hydroxyl groups excluding tert-OH is 1. The van der Waals surface area contributed by atoms with Crippen molar-refractivity contribution in [2.75, 3.05) is 16.8 Å². The lowest BCUT2D eigenvalue weighted by Gasteiger charge is -2.33. The normalized spacial score (nSPS) is 28.8. The van der Waals surface area contributed by atoms with Crippen LogP contribution in [0.2, 0.25) is 0 Å². The first-order valence-corrected chi connectivity index (χ1v) is 8.82. The second-order valence-corrected chi connectivity index (χ2v) is 7.05. The van der Waals surface area contributed by atoms with Crippen LogP contribution in [0.4, 0.5) is 11.4 Å². The van der Waals surface area contributed by atoms with Gasteiger partial charge in [0, 0.05) is 18.2 Å². The van der Waals surface area contributed by atoms with E-state index in [9.17, 15) is 14.7 Å². The van der Waals surface area contributed by atoms with Crippen LogP contribution >= 0.6 is 0 Å². The van der Waals surface area contributed by atoms with E-state index in [0.717, 1.165) is 56.4 Å². The molecule has 4 rings (SSSR count). The van der Waals surface area contributed by atoms with E-state index in [-0.39, 0.29) is 30.0 Å². The smallest absolute Gasteiger partial charge is 0.251 e. The lowest BCUT2D eigenvalue weighted by Crippen LogP contribution is -2.44. The summed E-state index contributed by atoms with van der Waals surface area (Å²) in [6, 6.07) is 5.60.